The molecule has 0 aliphatic heterocycles. The molecule has 2 N–H and O–H groups in total. The summed E-state index contributed by atoms with van der Waals surface area (Å²) in [5.41, 5.74) is 0. The lowest BCUT2D eigenvalue weighted by Crippen LogP contribution is -1.98. The van der Waals surface area contributed by atoms with E-state index in [2.05, 4.69) is 0 Å². The van der Waals surface area contributed by atoms with Crippen LogP contribution in [0.25, 0.3) is 10.8 Å². The lowest BCUT2D eigenvalue weighted by atomic mass is 10.1. The van der Waals surface area contributed by atoms with Gasteiger partial charge in [0.05, 0.1) is 6.61 Å². The molecule has 0 aliphatic rings. The maximum Gasteiger partial charge on any atom is 0.119 e. The molecule has 2 aromatic carbocycles. The van der Waals surface area contributed by atoms with E-state index < -0.39 is 0 Å². The molecule has 90 valence electrons. The minimum Gasteiger partial charge on any atom is -0.508 e. The first-order chi connectivity index (χ1) is 8.29. The molecule has 2 aromatic rings. The second-order valence-electron chi connectivity index (χ2n) is 3.97. The summed E-state index contributed by atoms with van der Waals surface area (Å²) in [5, 5.41) is 20.0. The fourth-order valence-corrected chi connectivity index (χ4v) is 1.70. The van der Waals surface area contributed by atoms with Crippen LogP contribution in [-0.2, 0) is 0 Å². The molecule has 0 bridgehead atoms. The number of hydrogen-bond acceptors (Lipinski definition) is 3. The number of fused-ring (bicyclic) bond motifs is 1. The van der Waals surface area contributed by atoms with Crippen molar-refractivity contribution in [2.24, 2.45) is 0 Å². The summed E-state index contributed by atoms with van der Waals surface area (Å²) in [5.74, 6) is 1.09. The monoisotopic (exact) mass is 232 g/mol. The van der Waals surface area contributed by atoms with Crippen LogP contribution in [0.3, 0.4) is 0 Å². The zero-order chi connectivity index (χ0) is 12.1. The third kappa shape index (κ3) is 3.11. The minimum atomic E-state index is 0.209. The van der Waals surface area contributed by atoms with Crippen LogP contribution in [0.2, 0.25) is 0 Å². The van der Waals surface area contributed by atoms with E-state index >= 15 is 0 Å². The Morgan fingerprint density at radius 2 is 1.71 bits per heavy atom. The lowest BCUT2D eigenvalue weighted by Gasteiger charge is -2.07. The summed E-state index contributed by atoms with van der Waals surface area (Å²) in [7, 11) is 0. The van der Waals surface area contributed by atoms with E-state index in [1.807, 2.05) is 24.3 Å². The number of benzene rings is 2. The first-order valence-corrected chi connectivity index (χ1v) is 5.76. The SMILES string of the molecule is OCCCCOc1ccc2cc(O)ccc2c1. The molecule has 0 radical (unpaired) electrons. The van der Waals surface area contributed by atoms with Crippen LogP contribution in [0.4, 0.5) is 0 Å². The molecule has 0 amide bonds. The quantitative estimate of drug-likeness (QED) is 0.779. The number of hydrogen-bond donors (Lipinski definition) is 2. The summed E-state index contributed by atoms with van der Waals surface area (Å²) in [4.78, 5) is 0. The Morgan fingerprint density at radius 3 is 2.53 bits per heavy atom. The van der Waals surface area contributed by atoms with Crippen LogP contribution in [0.15, 0.2) is 36.4 Å². The van der Waals surface area contributed by atoms with E-state index in [0.717, 1.165) is 29.4 Å². The van der Waals surface area contributed by atoms with Crippen molar-refractivity contribution >= 4 is 10.8 Å². The van der Waals surface area contributed by atoms with E-state index in [0.29, 0.717) is 6.61 Å². The van der Waals surface area contributed by atoms with E-state index in [1.54, 1.807) is 12.1 Å². The van der Waals surface area contributed by atoms with Gasteiger partial charge >= 0.3 is 0 Å². The van der Waals surface area contributed by atoms with Gasteiger partial charge in [0, 0.05) is 6.61 Å². The molecule has 0 heterocycles. The van der Waals surface area contributed by atoms with Crippen molar-refractivity contribution < 1.29 is 14.9 Å². The highest BCUT2D eigenvalue weighted by atomic mass is 16.5. The third-order valence-corrected chi connectivity index (χ3v) is 2.62. The molecule has 2 rings (SSSR count). The number of phenols is 1. The van der Waals surface area contributed by atoms with Crippen LogP contribution >= 0.6 is 0 Å². The van der Waals surface area contributed by atoms with Crippen molar-refractivity contribution in [2.75, 3.05) is 13.2 Å². The highest BCUT2D eigenvalue weighted by molar-refractivity contribution is 5.85. The van der Waals surface area contributed by atoms with Crippen LogP contribution in [0.1, 0.15) is 12.8 Å². The zero-order valence-electron chi connectivity index (χ0n) is 9.60. The van der Waals surface area contributed by atoms with Gasteiger partial charge in [0.2, 0.25) is 0 Å². The van der Waals surface area contributed by atoms with Gasteiger partial charge < -0.3 is 14.9 Å². The van der Waals surface area contributed by atoms with E-state index in [4.69, 9.17) is 9.84 Å². The first kappa shape index (κ1) is 11.7. The molecule has 0 aromatic heterocycles. The van der Waals surface area contributed by atoms with E-state index in [9.17, 15) is 5.11 Å². The second-order valence-corrected chi connectivity index (χ2v) is 3.97. The average Bonchev–Trinajstić information content (AvgIpc) is 2.35. The molecule has 0 unspecified atom stereocenters. The van der Waals surface area contributed by atoms with Crippen LogP contribution in [-0.4, -0.2) is 23.4 Å². The summed E-state index contributed by atoms with van der Waals surface area (Å²) in [6.07, 6.45) is 1.62. The summed E-state index contributed by atoms with van der Waals surface area (Å²) < 4.78 is 5.57. The first-order valence-electron chi connectivity index (χ1n) is 5.76. The van der Waals surface area contributed by atoms with Gasteiger partial charge in [-0.2, -0.15) is 0 Å². The van der Waals surface area contributed by atoms with Crippen LogP contribution in [0, 0.1) is 0 Å². The van der Waals surface area contributed by atoms with Gasteiger partial charge in [-0.25, -0.2) is 0 Å². The number of rotatable bonds is 5. The van der Waals surface area contributed by atoms with Crippen molar-refractivity contribution in [1.29, 1.82) is 0 Å². The highest BCUT2D eigenvalue weighted by Crippen LogP contribution is 2.24. The number of ether oxygens (including phenoxy) is 1. The summed E-state index contributed by atoms with van der Waals surface area (Å²) >= 11 is 0. The lowest BCUT2D eigenvalue weighted by molar-refractivity contribution is 0.253. The Balaban J connectivity index is 2.07. The predicted octanol–water partition coefficient (Wildman–Crippen LogP) is 2.70. The molecule has 0 fully saturated rings. The molecule has 0 saturated carbocycles. The standard InChI is InChI=1S/C14H16O3/c15-7-1-2-8-17-14-6-4-11-9-13(16)5-3-12(11)10-14/h3-6,9-10,15-16H,1-2,7-8H2. The number of aliphatic hydroxyl groups is 1. The maximum atomic E-state index is 9.35. The van der Waals surface area contributed by atoms with Crippen molar-refractivity contribution in [3.63, 3.8) is 0 Å². The average molecular weight is 232 g/mol. The van der Waals surface area contributed by atoms with Crippen LogP contribution < -0.4 is 4.74 Å². The number of aromatic hydroxyl groups is 1. The summed E-state index contributed by atoms with van der Waals surface area (Å²) in [6, 6.07) is 11.0. The molecule has 0 saturated heterocycles. The van der Waals surface area contributed by atoms with Crippen molar-refractivity contribution in [3.05, 3.63) is 36.4 Å². The van der Waals surface area contributed by atoms with Crippen molar-refractivity contribution in [3.8, 4) is 11.5 Å². The molecular weight excluding hydrogens is 216 g/mol. The smallest absolute Gasteiger partial charge is 0.119 e. The Bertz CT molecular complexity index is 494. The molecule has 17 heavy (non-hydrogen) atoms. The number of phenolic OH excluding ortho intramolecular Hbond substituents is 1. The fourth-order valence-electron chi connectivity index (χ4n) is 1.70. The molecule has 0 aliphatic carbocycles. The molecule has 3 heteroatoms. The Hall–Kier alpha value is -1.74. The Labute approximate surface area is 100 Å². The molecular formula is C14H16O3. The summed E-state index contributed by atoms with van der Waals surface area (Å²) in [6.45, 7) is 0.824. The number of unbranched alkanes of at least 4 members (excludes halogenated alkanes) is 1. The van der Waals surface area contributed by atoms with Crippen molar-refractivity contribution in [1.82, 2.24) is 0 Å². The van der Waals surface area contributed by atoms with E-state index in [1.165, 1.54) is 0 Å². The Morgan fingerprint density at radius 1 is 0.941 bits per heavy atom. The van der Waals surface area contributed by atoms with Gasteiger partial charge in [0.25, 0.3) is 0 Å². The molecule has 0 spiro atoms. The minimum absolute atomic E-state index is 0.209. The Kier molecular flexibility index (Phi) is 3.83. The van der Waals surface area contributed by atoms with Gasteiger partial charge in [0.15, 0.2) is 0 Å². The highest BCUT2D eigenvalue weighted by Gasteiger charge is 1.98. The van der Waals surface area contributed by atoms with Gasteiger partial charge in [-0.15, -0.1) is 0 Å². The number of aliphatic hydroxyl groups excluding tert-OH is 1. The largest absolute Gasteiger partial charge is 0.508 e. The van der Waals surface area contributed by atoms with Gasteiger partial charge in [-0.05, 0) is 47.9 Å². The third-order valence-electron chi connectivity index (χ3n) is 2.62. The molecule has 0 atom stereocenters. The van der Waals surface area contributed by atoms with E-state index in [-0.39, 0.29) is 12.4 Å². The van der Waals surface area contributed by atoms with Gasteiger partial charge in [0.1, 0.15) is 11.5 Å². The topological polar surface area (TPSA) is 49.7 Å². The van der Waals surface area contributed by atoms with Gasteiger partial charge in [-0.1, -0.05) is 12.1 Å². The van der Waals surface area contributed by atoms with Gasteiger partial charge in [-0.3, -0.25) is 0 Å². The fraction of sp³-hybridized carbons (Fsp3) is 0.286. The van der Waals surface area contributed by atoms with Crippen LogP contribution in [0.5, 0.6) is 11.5 Å². The molecule has 3 nitrogen and oxygen atoms in total. The van der Waals surface area contributed by atoms with Crippen molar-refractivity contribution in [2.45, 2.75) is 12.8 Å². The predicted molar refractivity (Wildman–Crippen MR) is 67.4 cm³/mol. The maximum absolute atomic E-state index is 9.35. The second kappa shape index (κ2) is 5.55. The zero-order valence-corrected chi connectivity index (χ0v) is 9.60. The normalized spacial score (nSPS) is 10.6.